The maximum Gasteiger partial charge on any atom is 0.245 e. The molecule has 0 spiro atoms. The summed E-state index contributed by atoms with van der Waals surface area (Å²) in [5.41, 5.74) is 0. The predicted molar refractivity (Wildman–Crippen MR) is 77.9 cm³/mol. The number of ether oxygens (including phenoxy) is 1. The second kappa shape index (κ2) is 7.76. The Morgan fingerprint density at radius 3 is 2.77 bits per heavy atom. The highest BCUT2D eigenvalue weighted by Gasteiger charge is 2.31. The summed E-state index contributed by atoms with van der Waals surface area (Å²) in [6.07, 6.45) is 5.10. The first-order valence-electron chi connectivity index (χ1n) is 7.47. The Hall–Kier alpha value is -2.13. The topological polar surface area (TPSA) is 92.3 Å². The lowest BCUT2D eigenvalue weighted by Gasteiger charge is -2.23. The molecular formula is C16H20N2O4. The van der Waals surface area contributed by atoms with E-state index in [0.717, 1.165) is 25.7 Å². The maximum atomic E-state index is 12.3. The number of nitrogens with zero attached hydrogens (tertiary/aromatic N) is 1. The van der Waals surface area contributed by atoms with Crippen LogP contribution in [0, 0.1) is 17.2 Å². The van der Waals surface area contributed by atoms with Crippen LogP contribution in [0.25, 0.3) is 0 Å². The minimum Gasteiger partial charge on any atom is -0.455 e. The van der Waals surface area contributed by atoms with Gasteiger partial charge in [0.05, 0.1) is 6.07 Å². The molecule has 2 rings (SSSR count). The lowest BCUT2D eigenvalue weighted by Crippen LogP contribution is -2.41. The van der Waals surface area contributed by atoms with E-state index in [0.29, 0.717) is 5.76 Å². The standard InChI is InChI=1S/C16H20N2O4/c1-21-10-12-7-8-14(22-12)15(19)13(9-17)16(20)18-11-5-3-2-4-6-11/h7-8,11,13H,2-6,10H2,1H3,(H,18,20). The van der Waals surface area contributed by atoms with Crippen molar-refractivity contribution in [2.75, 3.05) is 7.11 Å². The van der Waals surface area contributed by atoms with Gasteiger partial charge in [-0.3, -0.25) is 9.59 Å². The molecule has 1 saturated carbocycles. The van der Waals surface area contributed by atoms with Crippen molar-refractivity contribution >= 4 is 11.7 Å². The van der Waals surface area contributed by atoms with Gasteiger partial charge >= 0.3 is 0 Å². The molecule has 0 aromatic carbocycles. The van der Waals surface area contributed by atoms with Crippen LogP contribution in [0.1, 0.15) is 48.4 Å². The molecule has 1 aliphatic rings. The van der Waals surface area contributed by atoms with Crippen molar-refractivity contribution in [1.82, 2.24) is 5.32 Å². The molecule has 1 atom stereocenters. The maximum absolute atomic E-state index is 12.3. The van der Waals surface area contributed by atoms with E-state index in [1.807, 2.05) is 0 Å². The Labute approximate surface area is 129 Å². The van der Waals surface area contributed by atoms with Crippen LogP contribution in [0.4, 0.5) is 0 Å². The summed E-state index contributed by atoms with van der Waals surface area (Å²) < 4.78 is 10.2. The average Bonchev–Trinajstić information content (AvgIpc) is 2.98. The zero-order valence-corrected chi connectivity index (χ0v) is 12.6. The number of nitriles is 1. The number of carbonyl (C=O) groups excluding carboxylic acids is 2. The van der Waals surface area contributed by atoms with Gasteiger partial charge in [-0.15, -0.1) is 0 Å². The third-order valence-electron chi connectivity index (χ3n) is 3.80. The highest BCUT2D eigenvalue weighted by molar-refractivity contribution is 6.10. The van der Waals surface area contributed by atoms with Gasteiger partial charge in [0.25, 0.3) is 0 Å². The number of carbonyl (C=O) groups is 2. The normalized spacial score (nSPS) is 16.7. The van der Waals surface area contributed by atoms with Gasteiger partial charge < -0.3 is 14.5 Å². The Balaban J connectivity index is 2.01. The van der Waals surface area contributed by atoms with Crippen molar-refractivity contribution in [2.45, 2.75) is 44.8 Å². The van der Waals surface area contributed by atoms with Gasteiger partial charge in [-0.25, -0.2) is 0 Å². The number of rotatable bonds is 6. The molecule has 0 saturated heterocycles. The number of furan rings is 1. The summed E-state index contributed by atoms with van der Waals surface area (Å²) in [7, 11) is 1.51. The first-order valence-corrected chi connectivity index (χ1v) is 7.47. The van der Waals surface area contributed by atoms with Crippen LogP contribution >= 0.6 is 0 Å². The van der Waals surface area contributed by atoms with Crippen molar-refractivity contribution in [3.8, 4) is 6.07 Å². The van der Waals surface area contributed by atoms with Crippen molar-refractivity contribution in [3.63, 3.8) is 0 Å². The van der Waals surface area contributed by atoms with Gasteiger partial charge in [0.15, 0.2) is 11.7 Å². The second-order valence-electron chi connectivity index (χ2n) is 5.47. The van der Waals surface area contributed by atoms with Crippen LogP contribution < -0.4 is 5.32 Å². The van der Waals surface area contributed by atoms with E-state index < -0.39 is 17.6 Å². The zero-order valence-electron chi connectivity index (χ0n) is 12.6. The number of methoxy groups -OCH3 is 1. The van der Waals surface area contributed by atoms with E-state index >= 15 is 0 Å². The molecule has 1 aliphatic carbocycles. The molecule has 6 heteroatoms. The average molecular weight is 304 g/mol. The SMILES string of the molecule is COCc1ccc(C(=O)C(C#N)C(=O)NC2CCCCC2)o1. The van der Waals surface area contributed by atoms with Crippen molar-refractivity contribution in [2.24, 2.45) is 5.92 Å². The Bertz CT molecular complexity index is 567. The summed E-state index contributed by atoms with van der Waals surface area (Å²) in [5.74, 6) is -2.03. The molecule has 1 aromatic rings. The summed E-state index contributed by atoms with van der Waals surface area (Å²) in [4.78, 5) is 24.4. The van der Waals surface area contributed by atoms with Crippen molar-refractivity contribution in [1.29, 1.82) is 5.26 Å². The van der Waals surface area contributed by atoms with Crippen molar-refractivity contribution in [3.05, 3.63) is 23.7 Å². The fraction of sp³-hybridized carbons (Fsp3) is 0.562. The minimum absolute atomic E-state index is 0.0115. The molecular weight excluding hydrogens is 284 g/mol. The number of hydrogen-bond donors (Lipinski definition) is 1. The van der Waals surface area contributed by atoms with Gasteiger partial charge in [-0.05, 0) is 25.0 Å². The summed E-state index contributed by atoms with van der Waals surface area (Å²) in [5, 5.41) is 12.0. The molecule has 1 aromatic heterocycles. The number of hydrogen-bond acceptors (Lipinski definition) is 5. The molecule has 1 amide bonds. The molecule has 1 heterocycles. The number of amides is 1. The second-order valence-corrected chi connectivity index (χ2v) is 5.47. The first-order chi connectivity index (χ1) is 10.7. The molecule has 118 valence electrons. The number of Topliss-reactive ketones (excluding diaryl/α,β-unsaturated/α-hetero) is 1. The largest absolute Gasteiger partial charge is 0.455 e. The van der Waals surface area contributed by atoms with Gasteiger partial charge in [-0.1, -0.05) is 19.3 Å². The molecule has 1 fully saturated rings. The van der Waals surface area contributed by atoms with E-state index in [-0.39, 0.29) is 18.4 Å². The quantitative estimate of drug-likeness (QED) is 0.642. The van der Waals surface area contributed by atoms with Gasteiger partial charge in [0, 0.05) is 13.2 Å². The fourth-order valence-electron chi connectivity index (χ4n) is 2.64. The molecule has 1 N–H and O–H groups in total. The van der Waals surface area contributed by atoms with E-state index in [4.69, 9.17) is 14.4 Å². The zero-order chi connectivity index (χ0) is 15.9. The highest BCUT2D eigenvalue weighted by atomic mass is 16.5. The van der Waals surface area contributed by atoms with Crippen LogP contribution in [0.15, 0.2) is 16.5 Å². The molecule has 0 bridgehead atoms. The lowest BCUT2D eigenvalue weighted by atomic mass is 9.94. The van der Waals surface area contributed by atoms with Gasteiger partial charge in [-0.2, -0.15) is 5.26 Å². The smallest absolute Gasteiger partial charge is 0.245 e. The Morgan fingerprint density at radius 2 is 2.14 bits per heavy atom. The van der Waals surface area contributed by atoms with E-state index in [1.165, 1.54) is 19.6 Å². The third-order valence-corrected chi connectivity index (χ3v) is 3.80. The Kier molecular flexibility index (Phi) is 5.73. The molecule has 6 nitrogen and oxygen atoms in total. The number of ketones is 1. The van der Waals surface area contributed by atoms with Crippen LogP contribution in [-0.4, -0.2) is 24.8 Å². The Morgan fingerprint density at radius 1 is 1.41 bits per heavy atom. The van der Waals surface area contributed by atoms with Crippen LogP contribution in [-0.2, 0) is 16.1 Å². The van der Waals surface area contributed by atoms with Gasteiger partial charge in [0.2, 0.25) is 11.7 Å². The molecule has 0 radical (unpaired) electrons. The van der Waals surface area contributed by atoms with Crippen LogP contribution in [0.3, 0.4) is 0 Å². The first kappa shape index (κ1) is 16.2. The van der Waals surface area contributed by atoms with Gasteiger partial charge in [0.1, 0.15) is 12.4 Å². The summed E-state index contributed by atoms with van der Waals surface area (Å²) in [6, 6.07) is 4.91. The molecule has 0 aliphatic heterocycles. The minimum atomic E-state index is -1.37. The van der Waals surface area contributed by atoms with E-state index in [1.54, 1.807) is 12.1 Å². The van der Waals surface area contributed by atoms with E-state index in [9.17, 15) is 9.59 Å². The summed E-state index contributed by atoms with van der Waals surface area (Å²) in [6.45, 7) is 0.235. The summed E-state index contributed by atoms with van der Waals surface area (Å²) >= 11 is 0. The van der Waals surface area contributed by atoms with Crippen molar-refractivity contribution < 1.29 is 18.7 Å². The highest BCUT2D eigenvalue weighted by Crippen LogP contribution is 2.19. The number of nitrogens with one attached hydrogen (secondary N) is 1. The third kappa shape index (κ3) is 3.95. The predicted octanol–water partition coefficient (Wildman–Crippen LogP) is 2.20. The monoisotopic (exact) mass is 304 g/mol. The molecule has 1 unspecified atom stereocenters. The van der Waals surface area contributed by atoms with Crippen LogP contribution in [0.2, 0.25) is 0 Å². The fourth-order valence-corrected chi connectivity index (χ4v) is 2.64. The van der Waals surface area contributed by atoms with Crippen LogP contribution in [0.5, 0.6) is 0 Å². The van der Waals surface area contributed by atoms with E-state index in [2.05, 4.69) is 5.32 Å². The molecule has 22 heavy (non-hydrogen) atoms. The lowest BCUT2D eigenvalue weighted by molar-refractivity contribution is -0.123.